The molecule has 162 valence electrons. The van der Waals surface area contributed by atoms with Gasteiger partial charge < -0.3 is 20.0 Å². The molecule has 3 aromatic rings. The van der Waals surface area contributed by atoms with Crippen molar-refractivity contribution in [2.45, 2.75) is 25.9 Å². The van der Waals surface area contributed by atoms with Crippen LogP contribution in [0.4, 0.5) is 0 Å². The Kier molecular flexibility index (Phi) is 6.71. The number of benzene rings is 2. The van der Waals surface area contributed by atoms with E-state index < -0.39 is 23.7 Å². The van der Waals surface area contributed by atoms with Gasteiger partial charge in [0.15, 0.2) is 17.2 Å². The summed E-state index contributed by atoms with van der Waals surface area (Å²) in [6.07, 6.45) is 1.33. The predicted molar refractivity (Wildman–Crippen MR) is 116 cm³/mol. The Hall–Kier alpha value is -3.65. The molecule has 2 unspecified atom stereocenters. The number of pyridine rings is 1. The van der Waals surface area contributed by atoms with E-state index in [1.807, 2.05) is 49.4 Å². The SMILES string of the molecule is COc1ccnc(C(=O)NC(C)C(=O)ON(C)C(C)c2ccc3ccccc3c2)c1O. The molecule has 0 fully saturated rings. The molecule has 0 radical (unpaired) electrons. The van der Waals surface area contributed by atoms with E-state index in [9.17, 15) is 14.7 Å². The molecule has 0 aliphatic heterocycles. The van der Waals surface area contributed by atoms with Crippen LogP contribution in [0.25, 0.3) is 10.8 Å². The number of nitrogens with zero attached hydrogens (tertiary/aromatic N) is 2. The number of hydrogen-bond donors (Lipinski definition) is 2. The standard InChI is InChI=1S/C23H25N3O5/c1-14(25-22(28)20-21(27)19(30-4)11-12-24-20)23(29)31-26(3)15(2)17-10-9-16-7-5-6-8-18(16)13-17/h5-15,27H,1-4H3,(H,25,28). The van der Waals surface area contributed by atoms with Gasteiger partial charge in [-0.2, -0.15) is 0 Å². The fourth-order valence-corrected chi connectivity index (χ4v) is 3.07. The molecule has 31 heavy (non-hydrogen) atoms. The number of aromatic nitrogens is 1. The minimum Gasteiger partial charge on any atom is -0.503 e. The number of ether oxygens (including phenoxy) is 1. The van der Waals surface area contributed by atoms with Crippen LogP contribution < -0.4 is 10.1 Å². The highest BCUT2D eigenvalue weighted by Crippen LogP contribution is 2.27. The molecule has 2 N–H and O–H groups in total. The number of fused-ring (bicyclic) bond motifs is 1. The summed E-state index contributed by atoms with van der Waals surface area (Å²) < 4.78 is 4.97. The maximum Gasteiger partial charge on any atom is 0.347 e. The van der Waals surface area contributed by atoms with E-state index in [1.54, 1.807) is 7.05 Å². The van der Waals surface area contributed by atoms with Crippen LogP contribution in [0.1, 0.15) is 35.9 Å². The van der Waals surface area contributed by atoms with Crippen LogP contribution in [0.5, 0.6) is 11.5 Å². The number of aromatic hydroxyl groups is 1. The van der Waals surface area contributed by atoms with Gasteiger partial charge in [-0.1, -0.05) is 36.4 Å². The smallest absolute Gasteiger partial charge is 0.347 e. The molecule has 0 saturated heterocycles. The largest absolute Gasteiger partial charge is 0.503 e. The maximum atomic E-state index is 12.5. The van der Waals surface area contributed by atoms with E-state index in [-0.39, 0.29) is 17.5 Å². The Morgan fingerprint density at radius 1 is 1.10 bits per heavy atom. The zero-order chi connectivity index (χ0) is 22.5. The Bertz CT molecular complexity index is 1100. The first-order valence-corrected chi connectivity index (χ1v) is 9.78. The van der Waals surface area contributed by atoms with Crippen molar-refractivity contribution in [3.8, 4) is 11.5 Å². The molecule has 8 nitrogen and oxygen atoms in total. The number of carbonyl (C=O) groups is 2. The molecule has 2 atom stereocenters. The fraction of sp³-hybridized carbons (Fsp3) is 0.261. The third-order valence-electron chi connectivity index (χ3n) is 5.06. The number of nitrogens with one attached hydrogen (secondary N) is 1. The molecule has 3 rings (SSSR count). The summed E-state index contributed by atoms with van der Waals surface area (Å²) in [5.74, 6) is -1.65. The lowest BCUT2D eigenvalue weighted by Gasteiger charge is -2.25. The van der Waals surface area contributed by atoms with Crippen molar-refractivity contribution in [3.05, 3.63) is 66.0 Å². The van der Waals surface area contributed by atoms with E-state index in [0.717, 1.165) is 16.3 Å². The summed E-state index contributed by atoms with van der Waals surface area (Å²) in [6.45, 7) is 3.41. The highest BCUT2D eigenvalue weighted by molar-refractivity contribution is 5.97. The molecule has 2 aromatic carbocycles. The summed E-state index contributed by atoms with van der Waals surface area (Å²) in [5, 5.41) is 16.2. The van der Waals surface area contributed by atoms with Crippen LogP contribution in [0, 0.1) is 0 Å². The first kappa shape index (κ1) is 22.0. The number of hydroxylamine groups is 2. The first-order valence-electron chi connectivity index (χ1n) is 9.78. The van der Waals surface area contributed by atoms with Gasteiger partial charge >= 0.3 is 5.97 Å². The lowest BCUT2D eigenvalue weighted by atomic mass is 10.0. The van der Waals surface area contributed by atoms with Crippen molar-refractivity contribution in [2.24, 2.45) is 0 Å². The van der Waals surface area contributed by atoms with Crippen LogP contribution in [-0.2, 0) is 9.63 Å². The summed E-state index contributed by atoms with van der Waals surface area (Å²) in [5.41, 5.74) is 0.744. The van der Waals surface area contributed by atoms with Crippen LogP contribution in [-0.4, -0.2) is 47.2 Å². The molecular formula is C23H25N3O5. The van der Waals surface area contributed by atoms with E-state index in [2.05, 4.69) is 10.3 Å². The molecule has 1 aromatic heterocycles. The topological polar surface area (TPSA) is 101 Å². The van der Waals surface area contributed by atoms with Crippen LogP contribution >= 0.6 is 0 Å². The number of methoxy groups -OCH3 is 1. The highest BCUT2D eigenvalue weighted by Gasteiger charge is 2.25. The molecule has 0 spiro atoms. The Morgan fingerprint density at radius 3 is 2.52 bits per heavy atom. The Morgan fingerprint density at radius 2 is 1.81 bits per heavy atom. The average Bonchev–Trinajstić information content (AvgIpc) is 2.78. The van der Waals surface area contributed by atoms with Gasteiger partial charge in [0.2, 0.25) is 0 Å². The molecular weight excluding hydrogens is 398 g/mol. The van der Waals surface area contributed by atoms with Gasteiger partial charge in [0.1, 0.15) is 6.04 Å². The normalized spacial score (nSPS) is 12.9. The second-order valence-electron chi connectivity index (χ2n) is 7.14. The van der Waals surface area contributed by atoms with Crippen molar-refractivity contribution < 1.29 is 24.3 Å². The van der Waals surface area contributed by atoms with Gasteiger partial charge in [-0.05, 0) is 36.2 Å². The summed E-state index contributed by atoms with van der Waals surface area (Å²) in [6, 6.07) is 14.3. The van der Waals surface area contributed by atoms with Crippen molar-refractivity contribution in [1.82, 2.24) is 15.4 Å². The molecule has 0 saturated carbocycles. The third-order valence-corrected chi connectivity index (χ3v) is 5.06. The van der Waals surface area contributed by atoms with E-state index in [0.29, 0.717) is 0 Å². The summed E-state index contributed by atoms with van der Waals surface area (Å²) in [7, 11) is 3.02. The molecule has 8 heteroatoms. The summed E-state index contributed by atoms with van der Waals surface area (Å²) >= 11 is 0. The minimum atomic E-state index is -0.967. The summed E-state index contributed by atoms with van der Waals surface area (Å²) in [4.78, 5) is 34.2. The zero-order valence-corrected chi connectivity index (χ0v) is 17.8. The highest BCUT2D eigenvalue weighted by atomic mass is 16.7. The van der Waals surface area contributed by atoms with E-state index >= 15 is 0 Å². The lowest BCUT2D eigenvalue weighted by molar-refractivity contribution is -0.195. The lowest BCUT2D eigenvalue weighted by Crippen LogP contribution is -2.42. The van der Waals surface area contributed by atoms with Crippen molar-refractivity contribution >= 4 is 22.6 Å². The molecule has 0 aliphatic carbocycles. The van der Waals surface area contributed by atoms with Crippen LogP contribution in [0.15, 0.2) is 54.7 Å². The fourth-order valence-electron chi connectivity index (χ4n) is 3.07. The third kappa shape index (κ3) is 4.92. The number of hydrogen-bond acceptors (Lipinski definition) is 7. The quantitative estimate of drug-likeness (QED) is 0.563. The zero-order valence-electron chi connectivity index (χ0n) is 17.8. The van der Waals surface area contributed by atoms with Gasteiger partial charge in [0.05, 0.1) is 13.2 Å². The Balaban J connectivity index is 1.63. The van der Waals surface area contributed by atoms with Crippen molar-refractivity contribution in [2.75, 3.05) is 14.2 Å². The van der Waals surface area contributed by atoms with Gasteiger partial charge in [0, 0.05) is 19.3 Å². The predicted octanol–water partition coefficient (Wildman–Crippen LogP) is 3.22. The molecule has 0 bridgehead atoms. The first-order chi connectivity index (χ1) is 14.8. The monoisotopic (exact) mass is 423 g/mol. The number of amides is 1. The van der Waals surface area contributed by atoms with Gasteiger partial charge in [-0.15, -0.1) is 5.06 Å². The maximum absolute atomic E-state index is 12.5. The minimum absolute atomic E-state index is 0.110. The van der Waals surface area contributed by atoms with Crippen molar-refractivity contribution in [3.63, 3.8) is 0 Å². The average molecular weight is 423 g/mol. The van der Waals surface area contributed by atoms with E-state index in [1.165, 1.54) is 31.4 Å². The Labute approximate surface area is 180 Å². The molecule has 1 amide bonds. The molecule has 0 aliphatic rings. The van der Waals surface area contributed by atoms with Crippen LogP contribution in [0.2, 0.25) is 0 Å². The second-order valence-corrected chi connectivity index (χ2v) is 7.14. The number of rotatable bonds is 7. The van der Waals surface area contributed by atoms with Crippen molar-refractivity contribution in [1.29, 1.82) is 0 Å². The second kappa shape index (κ2) is 9.44. The van der Waals surface area contributed by atoms with Gasteiger partial charge in [0.25, 0.3) is 5.91 Å². The molecule has 1 heterocycles. The van der Waals surface area contributed by atoms with Crippen LogP contribution in [0.3, 0.4) is 0 Å². The number of carbonyl (C=O) groups excluding carboxylic acids is 2. The van der Waals surface area contributed by atoms with Gasteiger partial charge in [-0.25, -0.2) is 9.78 Å². The van der Waals surface area contributed by atoms with E-state index in [4.69, 9.17) is 9.57 Å². The van der Waals surface area contributed by atoms with Gasteiger partial charge in [-0.3, -0.25) is 4.79 Å².